The van der Waals surface area contributed by atoms with Gasteiger partial charge in [0.25, 0.3) is 11.6 Å². The Morgan fingerprint density at radius 1 is 1.27 bits per heavy atom. The highest BCUT2D eigenvalue weighted by molar-refractivity contribution is 7.80. The topological polar surface area (TPSA) is 93.5 Å². The molecule has 0 aliphatic rings. The summed E-state index contributed by atoms with van der Waals surface area (Å²) in [5, 5.41) is 16.0. The molecule has 0 spiro atoms. The van der Waals surface area contributed by atoms with Gasteiger partial charge in [0.05, 0.1) is 4.92 Å². The van der Waals surface area contributed by atoms with Crippen molar-refractivity contribution < 1.29 is 14.5 Å². The summed E-state index contributed by atoms with van der Waals surface area (Å²) >= 11 is 10.8. The van der Waals surface area contributed by atoms with Gasteiger partial charge in [-0.2, -0.15) is 0 Å². The van der Waals surface area contributed by atoms with Crippen LogP contribution in [0.25, 0.3) is 0 Å². The monoisotopic (exact) mass is 393 g/mol. The molecule has 0 aliphatic carbocycles. The molecule has 0 radical (unpaired) electrons. The molecule has 2 N–H and O–H groups in total. The Morgan fingerprint density at radius 2 is 2.00 bits per heavy atom. The number of hydrogen-bond donors (Lipinski definition) is 2. The third-order valence-corrected chi connectivity index (χ3v) is 3.88. The molecule has 1 amide bonds. The number of anilines is 1. The molecule has 0 saturated heterocycles. The van der Waals surface area contributed by atoms with Gasteiger partial charge in [-0.15, -0.1) is 0 Å². The number of halogens is 1. The van der Waals surface area contributed by atoms with Gasteiger partial charge in [-0.05, 0) is 55.4 Å². The normalized spacial score (nSPS) is 10.1. The summed E-state index contributed by atoms with van der Waals surface area (Å²) < 4.78 is 5.49. The molecule has 136 valence electrons. The Hall–Kier alpha value is -2.71. The van der Waals surface area contributed by atoms with Crippen molar-refractivity contribution in [3.8, 4) is 5.75 Å². The number of aryl methyl sites for hydroxylation is 2. The van der Waals surface area contributed by atoms with Crippen molar-refractivity contribution in [3.05, 3.63) is 62.7 Å². The zero-order valence-electron chi connectivity index (χ0n) is 14.0. The van der Waals surface area contributed by atoms with E-state index < -0.39 is 10.8 Å². The van der Waals surface area contributed by atoms with E-state index in [1.165, 1.54) is 18.2 Å². The Kier molecular flexibility index (Phi) is 6.48. The second kappa shape index (κ2) is 8.59. The molecule has 7 nitrogen and oxygen atoms in total. The van der Waals surface area contributed by atoms with Crippen molar-refractivity contribution in [2.24, 2.45) is 0 Å². The Morgan fingerprint density at radius 3 is 2.69 bits per heavy atom. The summed E-state index contributed by atoms with van der Waals surface area (Å²) in [6, 6.07) is 9.81. The Balaban J connectivity index is 1.91. The third-order valence-electron chi connectivity index (χ3n) is 3.36. The van der Waals surface area contributed by atoms with Gasteiger partial charge in [-0.25, -0.2) is 0 Å². The lowest BCUT2D eigenvalue weighted by Gasteiger charge is -2.12. The van der Waals surface area contributed by atoms with Crippen LogP contribution in [-0.2, 0) is 4.79 Å². The first-order chi connectivity index (χ1) is 12.3. The van der Waals surface area contributed by atoms with Gasteiger partial charge in [0, 0.05) is 11.8 Å². The van der Waals surface area contributed by atoms with Crippen LogP contribution in [0.3, 0.4) is 0 Å². The van der Waals surface area contributed by atoms with E-state index in [0.717, 1.165) is 11.1 Å². The van der Waals surface area contributed by atoms with Gasteiger partial charge < -0.3 is 10.1 Å². The number of thiocarbonyl (C=S) groups is 1. The molecule has 0 aromatic heterocycles. The molecule has 0 unspecified atom stereocenters. The predicted octanol–water partition coefficient (Wildman–Crippen LogP) is 3.76. The lowest BCUT2D eigenvalue weighted by atomic mass is 10.1. The quantitative estimate of drug-likeness (QED) is 0.456. The van der Waals surface area contributed by atoms with Crippen molar-refractivity contribution in [2.75, 3.05) is 11.9 Å². The zero-order chi connectivity index (χ0) is 19.3. The minimum absolute atomic E-state index is 0.00353. The summed E-state index contributed by atoms with van der Waals surface area (Å²) in [5.74, 6) is 0.166. The summed E-state index contributed by atoms with van der Waals surface area (Å²) in [5.41, 5.74) is 2.01. The molecule has 0 aliphatic heterocycles. The molecule has 0 heterocycles. The third kappa shape index (κ3) is 5.40. The minimum Gasteiger partial charge on any atom is -0.483 e. The number of hydrogen-bond acceptors (Lipinski definition) is 5. The molecule has 2 aromatic rings. The van der Waals surface area contributed by atoms with Crippen LogP contribution in [0.15, 0.2) is 36.4 Å². The van der Waals surface area contributed by atoms with E-state index in [2.05, 4.69) is 10.6 Å². The highest BCUT2D eigenvalue weighted by Gasteiger charge is 2.14. The Labute approximate surface area is 160 Å². The maximum atomic E-state index is 11.9. The van der Waals surface area contributed by atoms with Crippen LogP contribution in [0.2, 0.25) is 5.02 Å². The van der Waals surface area contributed by atoms with E-state index in [4.69, 9.17) is 28.6 Å². The van der Waals surface area contributed by atoms with Gasteiger partial charge in [0.1, 0.15) is 10.8 Å². The predicted molar refractivity (Wildman–Crippen MR) is 104 cm³/mol. The fourth-order valence-electron chi connectivity index (χ4n) is 2.06. The molecule has 0 atom stereocenters. The average Bonchev–Trinajstić information content (AvgIpc) is 2.57. The molecule has 26 heavy (non-hydrogen) atoms. The van der Waals surface area contributed by atoms with Crippen LogP contribution in [-0.4, -0.2) is 22.5 Å². The number of carbonyl (C=O) groups excluding carboxylic acids is 1. The van der Waals surface area contributed by atoms with Crippen molar-refractivity contribution in [1.82, 2.24) is 5.32 Å². The van der Waals surface area contributed by atoms with Gasteiger partial charge >= 0.3 is 0 Å². The van der Waals surface area contributed by atoms with Crippen molar-refractivity contribution in [3.63, 3.8) is 0 Å². The smallest absolute Gasteiger partial charge is 0.289 e. The fraction of sp³-hybridized carbons (Fsp3) is 0.176. The van der Waals surface area contributed by atoms with Gasteiger partial charge in [-0.1, -0.05) is 23.7 Å². The maximum Gasteiger partial charge on any atom is 0.289 e. The first-order valence-electron chi connectivity index (χ1n) is 7.51. The molecule has 2 rings (SSSR count). The van der Waals surface area contributed by atoms with Crippen molar-refractivity contribution in [2.45, 2.75) is 13.8 Å². The van der Waals surface area contributed by atoms with Crippen LogP contribution in [0.4, 0.5) is 11.4 Å². The number of rotatable bonds is 5. The highest BCUT2D eigenvalue weighted by atomic mass is 35.5. The van der Waals surface area contributed by atoms with Crippen LogP contribution in [0.1, 0.15) is 11.1 Å². The number of nitro groups is 1. The molecular formula is C17H16ClN3O4S. The molecule has 9 heteroatoms. The van der Waals surface area contributed by atoms with E-state index in [1.807, 2.05) is 32.0 Å². The summed E-state index contributed by atoms with van der Waals surface area (Å²) in [7, 11) is 0. The van der Waals surface area contributed by atoms with Crippen LogP contribution in [0, 0.1) is 24.0 Å². The summed E-state index contributed by atoms with van der Waals surface area (Å²) in [6.07, 6.45) is 0. The number of ether oxygens (including phenoxy) is 1. The first kappa shape index (κ1) is 19.6. The van der Waals surface area contributed by atoms with Crippen LogP contribution < -0.4 is 15.4 Å². The van der Waals surface area contributed by atoms with Crippen molar-refractivity contribution >= 4 is 46.2 Å². The van der Waals surface area contributed by atoms with Gasteiger partial charge in [0.15, 0.2) is 11.7 Å². The molecule has 0 saturated carbocycles. The first-order valence-corrected chi connectivity index (χ1v) is 8.29. The van der Waals surface area contributed by atoms with Crippen molar-refractivity contribution in [1.29, 1.82) is 0 Å². The number of amides is 1. The van der Waals surface area contributed by atoms with E-state index in [9.17, 15) is 14.9 Å². The van der Waals surface area contributed by atoms with E-state index in [-0.39, 0.29) is 22.4 Å². The SMILES string of the molecule is Cc1ccc(C)c(OCC(=O)NC(=S)Nc2ccc(Cl)c([N+](=O)[O-])c2)c1. The average molecular weight is 394 g/mol. The number of nitrogens with zero attached hydrogens (tertiary/aromatic N) is 1. The van der Waals surface area contributed by atoms with E-state index in [1.54, 1.807) is 0 Å². The largest absolute Gasteiger partial charge is 0.483 e. The van der Waals surface area contributed by atoms with Gasteiger partial charge in [-0.3, -0.25) is 20.2 Å². The second-order valence-electron chi connectivity index (χ2n) is 5.48. The van der Waals surface area contributed by atoms with E-state index in [0.29, 0.717) is 11.4 Å². The maximum absolute atomic E-state index is 11.9. The van der Waals surface area contributed by atoms with Crippen LogP contribution in [0.5, 0.6) is 5.75 Å². The van der Waals surface area contributed by atoms with Gasteiger partial charge in [0.2, 0.25) is 0 Å². The molecular weight excluding hydrogens is 378 g/mol. The second-order valence-corrected chi connectivity index (χ2v) is 6.30. The lowest BCUT2D eigenvalue weighted by Crippen LogP contribution is -2.37. The standard InChI is InChI=1S/C17H16ClN3O4S/c1-10-3-4-11(2)15(7-10)25-9-16(22)20-17(26)19-12-5-6-13(18)14(8-12)21(23)24/h3-8H,9H2,1-2H3,(H2,19,20,22,26). The fourth-order valence-corrected chi connectivity index (χ4v) is 2.48. The molecule has 0 bridgehead atoms. The number of carbonyl (C=O) groups is 1. The minimum atomic E-state index is -0.604. The lowest BCUT2D eigenvalue weighted by molar-refractivity contribution is -0.384. The zero-order valence-corrected chi connectivity index (χ0v) is 15.6. The summed E-state index contributed by atoms with van der Waals surface area (Å²) in [4.78, 5) is 22.2. The van der Waals surface area contributed by atoms with E-state index >= 15 is 0 Å². The number of nitrogens with one attached hydrogen (secondary N) is 2. The number of nitro benzene ring substituents is 1. The summed E-state index contributed by atoms with van der Waals surface area (Å²) in [6.45, 7) is 3.59. The Bertz CT molecular complexity index is 873. The molecule has 0 fully saturated rings. The number of benzene rings is 2. The van der Waals surface area contributed by atoms with Crippen LogP contribution >= 0.6 is 23.8 Å². The highest BCUT2D eigenvalue weighted by Crippen LogP contribution is 2.27. The molecule has 2 aromatic carbocycles.